The van der Waals surface area contributed by atoms with Crippen molar-refractivity contribution in [2.24, 2.45) is 0 Å². The highest BCUT2D eigenvalue weighted by Gasteiger charge is 2.54. The number of unbranched alkanes of at least 4 members (excludes halogenated alkanes) is 6. The predicted molar refractivity (Wildman–Crippen MR) is 178 cm³/mol. The van der Waals surface area contributed by atoms with E-state index in [0.717, 1.165) is 38.5 Å². The Morgan fingerprint density at radius 2 is 0.787 bits per heavy atom. The quantitative estimate of drug-likeness (QED) is 0.0549. The number of aliphatic hydroxyl groups excluding tert-OH is 1. The lowest BCUT2D eigenvalue weighted by atomic mass is 9.88. The average Bonchev–Trinajstić information content (AvgIpc) is 3.02. The van der Waals surface area contributed by atoms with Gasteiger partial charge in [0.2, 0.25) is 0 Å². The molecule has 1 aliphatic carbocycles. The smallest absolute Gasteiger partial charge is 0.387 e. The van der Waals surface area contributed by atoms with Crippen LogP contribution >= 0.6 is 23.5 Å². The van der Waals surface area contributed by atoms with E-state index in [-0.39, 0.29) is 39.6 Å². The third-order valence-electron chi connectivity index (χ3n) is 7.11. The molecule has 1 saturated carbocycles. The van der Waals surface area contributed by atoms with Gasteiger partial charge in [-0.1, -0.05) is 80.1 Å². The monoisotopic (exact) mass is 742 g/mol. The van der Waals surface area contributed by atoms with Crippen LogP contribution in [0.3, 0.4) is 0 Å². The molecule has 5 atom stereocenters. The first-order valence-corrected chi connectivity index (χ1v) is 21.9. The van der Waals surface area contributed by atoms with Gasteiger partial charge in [-0.25, -0.2) is 18.1 Å². The lowest BCUT2D eigenvalue weighted by molar-refractivity contribution is -0.150. The summed E-state index contributed by atoms with van der Waals surface area (Å²) in [7, 11) is -13.0. The van der Waals surface area contributed by atoms with Gasteiger partial charge in [-0.3, -0.25) is 40.7 Å². The summed E-state index contributed by atoms with van der Waals surface area (Å²) in [5.41, 5.74) is 0. The number of halogens is 1. The van der Waals surface area contributed by atoms with Crippen molar-refractivity contribution in [2.75, 3.05) is 39.6 Å². The van der Waals surface area contributed by atoms with E-state index in [2.05, 4.69) is 0 Å². The van der Waals surface area contributed by atoms with Crippen LogP contribution < -0.4 is 0 Å². The predicted octanol–water partition coefficient (Wildman–Crippen LogP) is 9.47. The second-order valence-corrected chi connectivity index (χ2v) is 16.4. The summed E-state index contributed by atoms with van der Waals surface area (Å²) in [6, 6.07) is 0. The molecule has 1 N–H and O–H groups in total. The highest BCUT2D eigenvalue weighted by Crippen LogP contribution is 2.58. The average molecular weight is 743 g/mol. The van der Waals surface area contributed by atoms with Gasteiger partial charge in [0.05, 0.1) is 39.6 Å². The Balaban J connectivity index is 3.49. The van der Waals surface area contributed by atoms with Crippen molar-refractivity contribution in [3.05, 3.63) is 0 Å². The highest BCUT2D eigenvalue weighted by atomic mass is 31.2. The lowest BCUT2D eigenvalue weighted by Crippen LogP contribution is -2.56. The van der Waals surface area contributed by atoms with Gasteiger partial charge in [0, 0.05) is 6.42 Å². The molecule has 0 radical (unpaired) electrons. The van der Waals surface area contributed by atoms with Crippen LogP contribution in [-0.2, 0) is 54.4 Å². The maximum atomic E-state index is 16.0. The van der Waals surface area contributed by atoms with Crippen molar-refractivity contribution in [1.82, 2.24) is 0 Å². The first-order chi connectivity index (χ1) is 22.5. The summed E-state index contributed by atoms with van der Waals surface area (Å²) in [5, 5.41) is 11.3. The Bertz CT molecular complexity index is 905. The minimum atomic E-state index is -4.39. The molecule has 1 fully saturated rings. The molecule has 1 aliphatic rings. The Labute approximate surface area is 282 Å². The first-order valence-electron chi connectivity index (χ1n) is 17.5. The molecule has 0 amide bonds. The molecule has 0 saturated heterocycles. The van der Waals surface area contributed by atoms with E-state index in [1.165, 1.54) is 0 Å². The molecule has 0 spiro atoms. The fourth-order valence-electron chi connectivity index (χ4n) is 4.15. The number of phosphoric ester groups is 3. The van der Waals surface area contributed by atoms with Crippen LogP contribution in [0.2, 0.25) is 0 Å². The van der Waals surface area contributed by atoms with E-state index in [4.69, 9.17) is 40.7 Å². The summed E-state index contributed by atoms with van der Waals surface area (Å²) in [4.78, 5) is 0. The standard InChI is InChI=1S/C30H62FO13P3/c1-7-13-19-36-45(33,37-20-14-8-2)42-26-25-27(43-46(34,38-21-15-9-3)39-22-16-10-4)30(29(32)28(26)31)44-47(35,40-23-17-11-5)41-24-18-12-6/h26-30,32H,7-25H2,1-6H3/t26-,27+,28+,29-,30-/m0/s1. The van der Waals surface area contributed by atoms with Crippen LogP contribution in [0, 0.1) is 0 Å². The minimum Gasteiger partial charge on any atom is -0.387 e. The third-order valence-corrected chi connectivity index (χ3v) is 11.7. The molecule has 13 nitrogen and oxygen atoms in total. The number of hydrogen-bond donors (Lipinski definition) is 1. The van der Waals surface area contributed by atoms with Gasteiger partial charge in [0.25, 0.3) is 0 Å². The Hall–Kier alpha value is 0.220. The van der Waals surface area contributed by atoms with E-state index < -0.39 is 60.5 Å². The van der Waals surface area contributed by atoms with E-state index in [0.29, 0.717) is 38.5 Å². The molecular weight excluding hydrogens is 680 g/mol. The van der Waals surface area contributed by atoms with Crippen LogP contribution in [0.5, 0.6) is 0 Å². The van der Waals surface area contributed by atoms with Crippen LogP contribution in [0.4, 0.5) is 4.39 Å². The van der Waals surface area contributed by atoms with Crippen LogP contribution in [0.25, 0.3) is 0 Å². The minimum absolute atomic E-state index is 0.0190. The first kappa shape index (κ1) is 45.2. The third kappa shape index (κ3) is 17.8. The topological polar surface area (TPSA) is 155 Å². The van der Waals surface area contributed by atoms with Crippen molar-refractivity contribution >= 4 is 23.5 Å². The van der Waals surface area contributed by atoms with Crippen LogP contribution in [0.1, 0.15) is 125 Å². The lowest BCUT2D eigenvalue weighted by Gasteiger charge is -2.42. The van der Waals surface area contributed by atoms with Crippen LogP contribution in [0.15, 0.2) is 0 Å². The zero-order valence-corrected chi connectivity index (χ0v) is 32.1. The number of phosphoric acid groups is 3. The molecule has 0 aromatic heterocycles. The fraction of sp³-hybridized carbons (Fsp3) is 1.00. The van der Waals surface area contributed by atoms with Crippen LogP contribution in [-0.4, -0.2) is 75.3 Å². The number of hydrogen-bond acceptors (Lipinski definition) is 13. The van der Waals surface area contributed by atoms with Gasteiger partial charge >= 0.3 is 23.5 Å². The maximum absolute atomic E-state index is 16.0. The van der Waals surface area contributed by atoms with E-state index in [1.807, 2.05) is 41.5 Å². The largest absolute Gasteiger partial charge is 0.475 e. The van der Waals surface area contributed by atoms with Crippen molar-refractivity contribution in [3.63, 3.8) is 0 Å². The fourth-order valence-corrected chi connectivity index (χ4v) is 8.48. The molecule has 47 heavy (non-hydrogen) atoms. The number of alkyl halides is 1. The molecule has 0 bridgehead atoms. The molecule has 282 valence electrons. The molecular formula is C30H62FO13P3. The van der Waals surface area contributed by atoms with Crippen molar-refractivity contribution in [3.8, 4) is 0 Å². The highest BCUT2D eigenvalue weighted by molar-refractivity contribution is 7.49. The molecule has 0 aromatic rings. The van der Waals surface area contributed by atoms with E-state index in [9.17, 15) is 18.8 Å². The SMILES string of the molecule is CCCCOP(=O)(OCCCC)O[C@@H]1[C@@H](O)[C@H](F)[C@@H](OP(=O)(OCCCC)OCCCC)C[C@H]1OP(=O)(OCCCC)OCCCC. The summed E-state index contributed by atoms with van der Waals surface area (Å²) >= 11 is 0. The van der Waals surface area contributed by atoms with E-state index in [1.54, 1.807) is 0 Å². The van der Waals surface area contributed by atoms with Gasteiger partial charge in [0.1, 0.15) is 24.4 Å². The summed E-state index contributed by atoms with van der Waals surface area (Å²) in [6.07, 6.45) is -1.92. The van der Waals surface area contributed by atoms with Gasteiger partial charge in [-0.2, -0.15) is 0 Å². The molecule has 0 aromatic carbocycles. The Morgan fingerprint density at radius 1 is 0.511 bits per heavy atom. The summed E-state index contributed by atoms with van der Waals surface area (Å²) < 4.78 is 108. The van der Waals surface area contributed by atoms with Gasteiger partial charge in [0.15, 0.2) is 6.17 Å². The maximum Gasteiger partial charge on any atom is 0.475 e. The zero-order valence-electron chi connectivity index (χ0n) is 29.4. The molecule has 0 unspecified atom stereocenters. The second-order valence-electron chi connectivity index (χ2n) is 11.5. The van der Waals surface area contributed by atoms with Crippen molar-refractivity contribution in [1.29, 1.82) is 0 Å². The molecule has 0 aliphatic heterocycles. The number of aliphatic hydroxyl groups is 1. The van der Waals surface area contributed by atoms with E-state index >= 15 is 4.39 Å². The Morgan fingerprint density at radius 3 is 1.09 bits per heavy atom. The molecule has 1 rings (SSSR count). The van der Waals surface area contributed by atoms with Gasteiger partial charge in [-0.15, -0.1) is 0 Å². The normalized spacial score (nSPS) is 22.6. The van der Waals surface area contributed by atoms with Gasteiger partial charge < -0.3 is 5.11 Å². The Kier molecular flexibility index (Phi) is 24.3. The number of rotatable bonds is 30. The van der Waals surface area contributed by atoms with Crippen molar-refractivity contribution < 1.29 is 63.9 Å². The second kappa shape index (κ2) is 25.2. The zero-order chi connectivity index (χ0) is 35.2. The molecule has 17 heteroatoms. The molecule has 0 heterocycles. The van der Waals surface area contributed by atoms with Gasteiger partial charge in [-0.05, 0) is 38.5 Å². The van der Waals surface area contributed by atoms with Crippen molar-refractivity contribution in [2.45, 2.75) is 156 Å². The summed E-state index contributed by atoms with van der Waals surface area (Å²) in [5.74, 6) is 0. The summed E-state index contributed by atoms with van der Waals surface area (Å²) in [6.45, 7) is 11.7.